The van der Waals surface area contributed by atoms with Gasteiger partial charge in [0.1, 0.15) is 0 Å². The number of hydrogen-bond acceptors (Lipinski definition) is 3. The normalized spacial score (nSPS) is 12.6. The van der Waals surface area contributed by atoms with Crippen molar-refractivity contribution in [2.24, 2.45) is 17.0 Å². The van der Waals surface area contributed by atoms with Gasteiger partial charge in [-0.05, 0) is 5.56 Å². The van der Waals surface area contributed by atoms with Crippen molar-refractivity contribution in [3.8, 4) is 0 Å². The van der Waals surface area contributed by atoms with Crippen LogP contribution in [0.25, 0.3) is 0 Å². The molecule has 0 amide bonds. The van der Waals surface area contributed by atoms with E-state index in [1.807, 2.05) is 30.3 Å². The topological polar surface area (TPSA) is 55.3 Å². The first kappa shape index (κ1) is 12.6. The van der Waals surface area contributed by atoms with Crippen LogP contribution in [0.5, 0.6) is 0 Å². The van der Waals surface area contributed by atoms with E-state index in [0.29, 0.717) is 6.54 Å². The van der Waals surface area contributed by atoms with E-state index in [4.69, 9.17) is 11.6 Å². The maximum atomic E-state index is 5.94. The van der Waals surface area contributed by atoms with Crippen LogP contribution in [0.1, 0.15) is 26.3 Å². The summed E-state index contributed by atoms with van der Waals surface area (Å²) in [7, 11) is 0. The molecular weight excluding hydrogens is 198 g/mol. The molecule has 1 rings (SSSR count). The average molecular weight is 219 g/mol. The van der Waals surface area contributed by atoms with Crippen LogP contribution in [0.3, 0.4) is 0 Å². The number of benzene rings is 1. The van der Waals surface area contributed by atoms with Crippen LogP contribution in [0.4, 0.5) is 0 Å². The highest BCUT2D eigenvalue weighted by Gasteiger charge is 2.14. The van der Waals surface area contributed by atoms with E-state index in [2.05, 4.69) is 20.8 Å². The molecular formula is C13H21N3. The molecule has 3 heteroatoms. The van der Waals surface area contributed by atoms with Crippen molar-refractivity contribution < 1.29 is 0 Å². The second-order valence-electron chi connectivity index (χ2n) is 4.99. The molecule has 0 bridgehead atoms. The zero-order valence-electron chi connectivity index (χ0n) is 10.3. The zero-order chi connectivity index (χ0) is 12.2. The van der Waals surface area contributed by atoms with Crippen molar-refractivity contribution >= 4 is 0 Å². The number of rotatable bonds is 3. The fraction of sp³-hybridized carbons (Fsp3) is 0.385. The molecule has 0 saturated carbocycles. The van der Waals surface area contributed by atoms with Gasteiger partial charge in [-0.25, -0.2) is 5.84 Å². The monoisotopic (exact) mass is 219 g/mol. The Hall–Kier alpha value is -1.48. The van der Waals surface area contributed by atoms with Gasteiger partial charge in [-0.3, -0.25) is 0 Å². The lowest BCUT2D eigenvalue weighted by Crippen LogP contribution is -2.28. The largest absolute Gasteiger partial charge is 0.400 e. The molecule has 3 nitrogen and oxygen atoms in total. The minimum atomic E-state index is -0.0473. The molecule has 88 valence electrons. The fourth-order valence-corrected chi connectivity index (χ4v) is 1.21. The number of hydrogen-bond donors (Lipinski definition) is 2. The second-order valence-corrected chi connectivity index (χ2v) is 4.99. The summed E-state index contributed by atoms with van der Waals surface area (Å²) in [6, 6.07) is 10.1. The summed E-state index contributed by atoms with van der Waals surface area (Å²) in [5.41, 5.74) is 7.85. The average Bonchev–Trinajstić information content (AvgIpc) is 2.17. The quantitative estimate of drug-likeness (QED) is 0.605. The highest BCUT2D eigenvalue weighted by molar-refractivity contribution is 5.15. The van der Waals surface area contributed by atoms with Crippen molar-refractivity contribution in [1.82, 2.24) is 5.01 Å². The first-order chi connectivity index (χ1) is 7.39. The van der Waals surface area contributed by atoms with Crippen molar-refractivity contribution in [1.29, 1.82) is 0 Å². The Morgan fingerprint density at radius 2 is 1.81 bits per heavy atom. The minimum Gasteiger partial charge on any atom is -0.400 e. The van der Waals surface area contributed by atoms with Gasteiger partial charge in [0, 0.05) is 17.3 Å². The highest BCUT2D eigenvalue weighted by Crippen LogP contribution is 2.20. The van der Waals surface area contributed by atoms with E-state index in [1.54, 1.807) is 11.2 Å². The predicted molar refractivity (Wildman–Crippen MR) is 67.9 cm³/mol. The second kappa shape index (κ2) is 5.03. The molecule has 1 aromatic rings. The van der Waals surface area contributed by atoms with Crippen LogP contribution in [0.15, 0.2) is 42.2 Å². The fourth-order valence-electron chi connectivity index (χ4n) is 1.21. The Morgan fingerprint density at radius 1 is 1.25 bits per heavy atom. The van der Waals surface area contributed by atoms with E-state index in [9.17, 15) is 0 Å². The Bertz CT molecular complexity index is 349. The summed E-state index contributed by atoms with van der Waals surface area (Å²) in [5, 5.41) is 1.62. The lowest BCUT2D eigenvalue weighted by molar-refractivity contribution is 0.368. The molecule has 0 radical (unpaired) electrons. The van der Waals surface area contributed by atoms with Gasteiger partial charge in [-0.15, -0.1) is 0 Å². The molecule has 4 N–H and O–H groups in total. The molecule has 1 aromatic carbocycles. The van der Waals surface area contributed by atoms with Gasteiger partial charge in [0.05, 0.1) is 6.54 Å². The number of nitrogens with two attached hydrogens (primary N) is 2. The molecule has 0 spiro atoms. The molecule has 0 aliphatic rings. The van der Waals surface area contributed by atoms with Gasteiger partial charge in [0.2, 0.25) is 0 Å². The molecule has 0 fully saturated rings. The molecule has 0 unspecified atom stereocenters. The minimum absolute atomic E-state index is 0.0473. The van der Waals surface area contributed by atoms with Crippen LogP contribution in [-0.4, -0.2) is 5.01 Å². The molecule has 0 aromatic heterocycles. The van der Waals surface area contributed by atoms with E-state index in [0.717, 1.165) is 5.70 Å². The summed E-state index contributed by atoms with van der Waals surface area (Å²) in [6.45, 7) is 6.86. The van der Waals surface area contributed by atoms with Gasteiger partial charge in [0.25, 0.3) is 0 Å². The lowest BCUT2D eigenvalue weighted by atomic mass is 9.93. The van der Waals surface area contributed by atoms with E-state index < -0.39 is 0 Å². The Morgan fingerprint density at radius 3 is 2.31 bits per heavy atom. The molecule has 0 saturated heterocycles. The van der Waals surface area contributed by atoms with Gasteiger partial charge in [-0.2, -0.15) is 0 Å². The van der Waals surface area contributed by atoms with Crippen molar-refractivity contribution in [2.75, 3.05) is 0 Å². The van der Waals surface area contributed by atoms with Crippen LogP contribution in [0, 0.1) is 5.41 Å². The van der Waals surface area contributed by atoms with Crippen LogP contribution in [-0.2, 0) is 6.54 Å². The number of allylic oxidation sites excluding steroid dienone is 1. The Kier molecular flexibility index (Phi) is 3.96. The molecule has 0 heterocycles. The smallest absolute Gasteiger partial charge is 0.0586 e. The standard InChI is InChI=1S/C13H21N3/c1-13(2,3)12(14)10-16(15)9-11-7-5-4-6-8-11/h4-8,10H,9,14-15H2,1-3H3/b12-10-. The summed E-state index contributed by atoms with van der Waals surface area (Å²) in [4.78, 5) is 0. The first-order valence-corrected chi connectivity index (χ1v) is 5.42. The SMILES string of the molecule is CC(C)(C)/C(N)=C/N(N)Cc1ccccc1. The van der Waals surface area contributed by atoms with Crippen molar-refractivity contribution in [3.63, 3.8) is 0 Å². The molecule has 16 heavy (non-hydrogen) atoms. The lowest BCUT2D eigenvalue weighted by Gasteiger charge is -2.22. The molecule has 0 aliphatic heterocycles. The number of nitrogens with zero attached hydrogens (tertiary/aromatic N) is 1. The van der Waals surface area contributed by atoms with Gasteiger partial charge < -0.3 is 10.7 Å². The summed E-state index contributed by atoms with van der Waals surface area (Å²) in [5.74, 6) is 5.88. The summed E-state index contributed by atoms with van der Waals surface area (Å²) < 4.78 is 0. The number of hydrazine groups is 1. The third-order valence-electron chi connectivity index (χ3n) is 2.38. The third-order valence-corrected chi connectivity index (χ3v) is 2.38. The Balaban J connectivity index is 2.64. The summed E-state index contributed by atoms with van der Waals surface area (Å²) >= 11 is 0. The zero-order valence-corrected chi connectivity index (χ0v) is 10.3. The van der Waals surface area contributed by atoms with Gasteiger partial charge in [-0.1, -0.05) is 51.1 Å². The Labute approximate surface area is 97.7 Å². The first-order valence-electron chi connectivity index (χ1n) is 5.42. The third kappa shape index (κ3) is 3.95. The maximum absolute atomic E-state index is 5.94. The molecule has 0 atom stereocenters. The molecule has 0 aliphatic carbocycles. The van der Waals surface area contributed by atoms with Gasteiger partial charge >= 0.3 is 0 Å². The van der Waals surface area contributed by atoms with E-state index in [1.165, 1.54) is 5.56 Å². The van der Waals surface area contributed by atoms with Crippen LogP contribution in [0.2, 0.25) is 0 Å². The van der Waals surface area contributed by atoms with Crippen molar-refractivity contribution in [2.45, 2.75) is 27.3 Å². The van der Waals surface area contributed by atoms with Crippen LogP contribution >= 0.6 is 0 Å². The predicted octanol–water partition coefficient (Wildman–Crippen LogP) is 2.21. The maximum Gasteiger partial charge on any atom is 0.0586 e. The highest BCUT2D eigenvalue weighted by atomic mass is 15.4. The van der Waals surface area contributed by atoms with Crippen LogP contribution < -0.4 is 11.6 Å². The summed E-state index contributed by atoms with van der Waals surface area (Å²) in [6.07, 6.45) is 1.80. The van der Waals surface area contributed by atoms with E-state index in [-0.39, 0.29) is 5.41 Å². The van der Waals surface area contributed by atoms with Gasteiger partial charge in [0.15, 0.2) is 0 Å². The van der Waals surface area contributed by atoms with E-state index >= 15 is 0 Å². The van der Waals surface area contributed by atoms with Crippen molar-refractivity contribution in [3.05, 3.63) is 47.8 Å².